The van der Waals surface area contributed by atoms with Crippen molar-refractivity contribution in [1.29, 1.82) is 0 Å². The van der Waals surface area contributed by atoms with Gasteiger partial charge in [-0.05, 0) is 63.6 Å². The first-order valence-corrected chi connectivity index (χ1v) is 8.97. The summed E-state index contributed by atoms with van der Waals surface area (Å²) in [6, 6.07) is 7.89. The van der Waals surface area contributed by atoms with Crippen LogP contribution in [0.3, 0.4) is 0 Å². The van der Waals surface area contributed by atoms with E-state index in [1.807, 2.05) is 49.9 Å². The molecule has 1 heterocycles. The average Bonchev–Trinajstić information content (AvgIpc) is 2.78. The lowest BCUT2D eigenvalue weighted by molar-refractivity contribution is 0.0256. The van der Waals surface area contributed by atoms with Gasteiger partial charge in [-0.15, -0.1) is 0 Å². The topological polar surface area (TPSA) is 49.9 Å². The standard InChI is InChI=1S/C20H30N2O3/c1-20(2,3)25-19(24)22-13-6-7-15(12-14-22)16-8-10-17(11-9-16)18(23)21(4)5/h8-11,15H,6-7,12-14H2,1-5H3. The molecule has 2 amide bonds. The van der Waals surface area contributed by atoms with Gasteiger partial charge in [-0.3, -0.25) is 4.79 Å². The van der Waals surface area contributed by atoms with E-state index in [0.29, 0.717) is 18.0 Å². The summed E-state index contributed by atoms with van der Waals surface area (Å²) in [6.45, 7) is 7.12. The molecular weight excluding hydrogens is 316 g/mol. The first-order valence-electron chi connectivity index (χ1n) is 8.97. The van der Waals surface area contributed by atoms with Crippen LogP contribution in [0, 0.1) is 0 Å². The van der Waals surface area contributed by atoms with Gasteiger partial charge in [-0.25, -0.2) is 4.79 Å². The highest BCUT2D eigenvalue weighted by Gasteiger charge is 2.25. The van der Waals surface area contributed by atoms with Gasteiger partial charge in [-0.2, -0.15) is 0 Å². The largest absolute Gasteiger partial charge is 0.444 e. The van der Waals surface area contributed by atoms with Crippen molar-refractivity contribution in [2.24, 2.45) is 0 Å². The molecule has 0 radical (unpaired) electrons. The van der Waals surface area contributed by atoms with Crippen LogP contribution in [-0.4, -0.2) is 54.6 Å². The maximum absolute atomic E-state index is 12.3. The summed E-state index contributed by atoms with van der Waals surface area (Å²) >= 11 is 0. The summed E-state index contributed by atoms with van der Waals surface area (Å²) in [6.07, 6.45) is 2.70. The van der Waals surface area contributed by atoms with E-state index in [4.69, 9.17) is 4.74 Å². The molecule has 1 unspecified atom stereocenters. The molecule has 1 atom stereocenters. The van der Waals surface area contributed by atoms with E-state index in [0.717, 1.165) is 25.8 Å². The van der Waals surface area contributed by atoms with Crippen LogP contribution in [0.1, 0.15) is 61.9 Å². The second kappa shape index (κ2) is 7.89. The zero-order chi connectivity index (χ0) is 18.6. The van der Waals surface area contributed by atoms with Crippen LogP contribution >= 0.6 is 0 Å². The van der Waals surface area contributed by atoms with Crippen LogP contribution in [0.4, 0.5) is 4.79 Å². The summed E-state index contributed by atoms with van der Waals surface area (Å²) in [7, 11) is 3.51. The van der Waals surface area contributed by atoms with Gasteiger partial charge >= 0.3 is 6.09 Å². The number of nitrogens with zero attached hydrogens (tertiary/aromatic N) is 2. The summed E-state index contributed by atoms with van der Waals surface area (Å²) in [4.78, 5) is 27.6. The Morgan fingerprint density at radius 2 is 1.72 bits per heavy atom. The molecule has 1 aliphatic rings. The third kappa shape index (κ3) is 5.48. The van der Waals surface area contributed by atoms with Crippen molar-refractivity contribution < 1.29 is 14.3 Å². The number of benzene rings is 1. The van der Waals surface area contributed by atoms with Crippen molar-refractivity contribution >= 4 is 12.0 Å². The Morgan fingerprint density at radius 3 is 2.28 bits per heavy atom. The molecular formula is C20H30N2O3. The average molecular weight is 346 g/mol. The minimum Gasteiger partial charge on any atom is -0.444 e. The zero-order valence-electron chi connectivity index (χ0n) is 16.0. The number of hydrogen-bond acceptors (Lipinski definition) is 3. The van der Waals surface area contributed by atoms with Crippen LogP contribution in [0.25, 0.3) is 0 Å². The van der Waals surface area contributed by atoms with Gasteiger partial charge < -0.3 is 14.5 Å². The third-order valence-electron chi connectivity index (χ3n) is 4.42. The highest BCUT2D eigenvalue weighted by Crippen LogP contribution is 2.29. The fourth-order valence-electron chi connectivity index (χ4n) is 3.09. The van der Waals surface area contributed by atoms with Gasteiger partial charge in [0.15, 0.2) is 0 Å². The lowest BCUT2D eigenvalue weighted by Gasteiger charge is -2.26. The Kier molecular flexibility index (Phi) is 6.09. The molecule has 25 heavy (non-hydrogen) atoms. The van der Waals surface area contributed by atoms with Gasteiger partial charge in [-0.1, -0.05) is 12.1 Å². The Bertz CT molecular complexity index is 602. The summed E-state index contributed by atoms with van der Waals surface area (Å²) in [5.74, 6) is 0.430. The lowest BCUT2D eigenvalue weighted by atomic mass is 9.91. The van der Waals surface area contributed by atoms with Crippen molar-refractivity contribution in [1.82, 2.24) is 9.80 Å². The van der Waals surface area contributed by atoms with E-state index in [1.165, 1.54) is 5.56 Å². The molecule has 1 aromatic carbocycles. The van der Waals surface area contributed by atoms with Crippen molar-refractivity contribution in [2.75, 3.05) is 27.2 Å². The normalized spacial score (nSPS) is 18.4. The molecule has 0 saturated carbocycles. The Hall–Kier alpha value is -2.04. The van der Waals surface area contributed by atoms with Gasteiger partial charge in [0.05, 0.1) is 0 Å². The molecule has 0 bridgehead atoms. The molecule has 0 aromatic heterocycles. The van der Waals surface area contributed by atoms with E-state index in [9.17, 15) is 9.59 Å². The van der Waals surface area contributed by atoms with Crippen LogP contribution < -0.4 is 0 Å². The molecule has 5 nitrogen and oxygen atoms in total. The molecule has 138 valence electrons. The predicted octanol–water partition coefficient (Wildman–Crippen LogP) is 3.89. The molecule has 0 aliphatic carbocycles. The Morgan fingerprint density at radius 1 is 1.08 bits per heavy atom. The second-order valence-electron chi connectivity index (χ2n) is 7.92. The van der Waals surface area contributed by atoms with E-state index >= 15 is 0 Å². The highest BCUT2D eigenvalue weighted by molar-refractivity contribution is 5.93. The minimum atomic E-state index is -0.461. The third-order valence-corrected chi connectivity index (χ3v) is 4.42. The Labute approximate surface area is 150 Å². The van der Waals surface area contributed by atoms with E-state index in [-0.39, 0.29) is 12.0 Å². The summed E-state index contributed by atoms with van der Waals surface area (Å²) < 4.78 is 5.48. The smallest absolute Gasteiger partial charge is 0.410 e. The van der Waals surface area contributed by atoms with E-state index in [2.05, 4.69) is 0 Å². The van der Waals surface area contributed by atoms with Crippen LogP contribution in [0.5, 0.6) is 0 Å². The first-order chi connectivity index (χ1) is 11.7. The van der Waals surface area contributed by atoms with Gasteiger partial charge in [0, 0.05) is 32.7 Å². The fraction of sp³-hybridized carbons (Fsp3) is 0.600. The van der Waals surface area contributed by atoms with E-state index < -0.39 is 5.60 Å². The van der Waals surface area contributed by atoms with Gasteiger partial charge in [0.2, 0.25) is 0 Å². The SMILES string of the molecule is CN(C)C(=O)c1ccc(C2CCCN(C(=O)OC(C)(C)C)CC2)cc1. The Balaban J connectivity index is 1.99. The number of carbonyl (C=O) groups excluding carboxylic acids is 2. The maximum Gasteiger partial charge on any atom is 0.410 e. The quantitative estimate of drug-likeness (QED) is 0.816. The first kappa shape index (κ1) is 19.3. The number of ether oxygens (including phenoxy) is 1. The van der Waals surface area contributed by atoms with Crippen molar-refractivity contribution in [3.63, 3.8) is 0 Å². The molecule has 1 aromatic rings. The monoisotopic (exact) mass is 346 g/mol. The molecule has 0 spiro atoms. The fourth-order valence-corrected chi connectivity index (χ4v) is 3.09. The molecule has 1 fully saturated rings. The zero-order valence-corrected chi connectivity index (χ0v) is 16.0. The molecule has 2 rings (SSSR count). The number of hydrogen-bond donors (Lipinski definition) is 0. The lowest BCUT2D eigenvalue weighted by Crippen LogP contribution is -2.37. The van der Waals surface area contributed by atoms with Crippen LogP contribution in [0.2, 0.25) is 0 Å². The van der Waals surface area contributed by atoms with E-state index in [1.54, 1.807) is 19.0 Å². The predicted molar refractivity (Wildman–Crippen MR) is 98.9 cm³/mol. The summed E-state index contributed by atoms with van der Waals surface area (Å²) in [5, 5.41) is 0. The molecule has 5 heteroatoms. The van der Waals surface area contributed by atoms with Crippen molar-refractivity contribution in [2.45, 2.75) is 51.6 Å². The molecule has 1 aliphatic heterocycles. The highest BCUT2D eigenvalue weighted by atomic mass is 16.6. The van der Waals surface area contributed by atoms with Crippen molar-refractivity contribution in [3.8, 4) is 0 Å². The maximum atomic E-state index is 12.3. The molecule has 1 saturated heterocycles. The second-order valence-corrected chi connectivity index (χ2v) is 7.92. The van der Waals surface area contributed by atoms with Crippen LogP contribution in [-0.2, 0) is 4.74 Å². The van der Waals surface area contributed by atoms with Crippen LogP contribution in [0.15, 0.2) is 24.3 Å². The number of rotatable bonds is 2. The summed E-state index contributed by atoms with van der Waals surface area (Å²) in [5.41, 5.74) is 1.48. The number of amides is 2. The number of carbonyl (C=O) groups is 2. The minimum absolute atomic E-state index is 0.0171. The number of likely N-dealkylation sites (tertiary alicyclic amines) is 1. The van der Waals surface area contributed by atoms with Gasteiger partial charge in [0.1, 0.15) is 5.60 Å². The van der Waals surface area contributed by atoms with Crippen molar-refractivity contribution in [3.05, 3.63) is 35.4 Å². The van der Waals surface area contributed by atoms with Gasteiger partial charge in [0.25, 0.3) is 5.91 Å². The molecule has 0 N–H and O–H groups in total.